The van der Waals surface area contributed by atoms with Crippen LogP contribution in [0.5, 0.6) is 0 Å². The molecule has 0 aliphatic rings. The summed E-state index contributed by atoms with van der Waals surface area (Å²) in [6.45, 7) is 10.4. The summed E-state index contributed by atoms with van der Waals surface area (Å²) in [5, 5.41) is 0.944. The Balaban J connectivity index is 1.93. The summed E-state index contributed by atoms with van der Waals surface area (Å²) in [6, 6.07) is 8.49. The lowest BCUT2D eigenvalue weighted by Gasteiger charge is -2.15. The first-order valence-corrected chi connectivity index (χ1v) is 12.8. The van der Waals surface area contributed by atoms with Gasteiger partial charge in [0, 0.05) is 19.6 Å². The number of hydrogen-bond acceptors (Lipinski definition) is 5. The van der Waals surface area contributed by atoms with E-state index in [-0.39, 0.29) is 5.97 Å². The van der Waals surface area contributed by atoms with Gasteiger partial charge in [-0.3, -0.25) is 0 Å². The van der Waals surface area contributed by atoms with Gasteiger partial charge in [-0.15, -0.1) is 0 Å². The third kappa shape index (κ3) is 6.02. The zero-order chi connectivity index (χ0) is 18.4. The van der Waals surface area contributed by atoms with Crippen LogP contribution < -0.4 is 0 Å². The Morgan fingerprint density at radius 1 is 1.24 bits per heavy atom. The predicted octanol–water partition coefficient (Wildman–Crippen LogP) is 4.44. The van der Waals surface area contributed by atoms with E-state index in [1.165, 1.54) is 7.11 Å². The molecular weight excluding hydrogens is 352 g/mol. The normalized spacial score (nSPS) is 11.6. The van der Waals surface area contributed by atoms with Crippen molar-refractivity contribution in [2.24, 2.45) is 0 Å². The van der Waals surface area contributed by atoms with Crippen LogP contribution in [0.2, 0.25) is 25.7 Å². The number of hydrogen-bond donors (Lipinski definition) is 0. The monoisotopic (exact) mass is 378 g/mol. The minimum atomic E-state index is -1.06. The predicted molar refractivity (Wildman–Crippen MR) is 103 cm³/mol. The number of rotatable bonds is 8. The Hall–Kier alpha value is -1.57. The summed E-state index contributed by atoms with van der Waals surface area (Å²) in [5.74, 6) is -0.326. The van der Waals surface area contributed by atoms with Gasteiger partial charge in [-0.05, 0) is 37.2 Å². The number of carbonyl (C=O) groups excluding carboxylic acids is 1. The van der Waals surface area contributed by atoms with Crippen LogP contribution in [-0.4, -0.2) is 37.3 Å². The van der Waals surface area contributed by atoms with Crippen molar-refractivity contribution in [2.75, 3.05) is 13.7 Å². The summed E-state index contributed by atoms with van der Waals surface area (Å²) in [6.07, 6.45) is 1.81. The first-order chi connectivity index (χ1) is 11.8. The number of ether oxygens (including phenoxy) is 2. The van der Waals surface area contributed by atoms with Gasteiger partial charge in [0.2, 0.25) is 0 Å². The Bertz CT molecular complexity index is 708. The minimum Gasteiger partial charge on any atom is -0.465 e. The highest BCUT2D eigenvalue weighted by Gasteiger charge is 2.13. The van der Waals surface area contributed by atoms with Crippen LogP contribution in [0.1, 0.15) is 16.1 Å². The summed E-state index contributed by atoms with van der Waals surface area (Å²) < 4.78 is 12.5. The highest BCUT2D eigenvalue weighted by molar-refractivity contribution is 7.99. The molecule has 0 aliphatic heterocycles. The molecule has 0 aliphatic carbocycles. The van der Waals surface area contributed by atoms with Crippen LogP contribution >= 0.6 is 11.8 Å². The van der Waals surface area contributed by atoms with E-state index in [0.717, 1.165) is 28.3 Å². The minimum absolute atomic E-state index is 0.326. The molecule has 136 valence electrons. The molecule has 25 heavy (non-hydrogen) atoms. The maximum Gasteiger partial charge on any atom is 0.337 e. The quantitative estimate of drug-likeness (QED) is 0.386. The van der Waals surface area contributed by atoms with Crippen molar-refractivity contribution < 1.29 is 14.3 Å². The first kappa shape index (κ1) is 19.7. The molecule has 0 atom stereocenters. The SMILES string of the molecule is COC(=O)c1ccc(Sc2ncn(COCC[Si](C)(C)C)c2C)cc1. The van der Waals surface area contributed by atoms with Crippen LogP contribution in [-0.2, 0) is 16.2 Å². The molecule has 0 spiro atoms. The lowest BCUT2D eigenvalue weighted by Crippen LogP contribution is -2.22. The average molecular weight is 379 g/mol. The fourth-order valence-corrected chi connectivity index (χ4v) is 3.70. The van der Waals surface area contributed by atoms with Crippen LogP contribution in [0.25, 0.3) is 0 Å². The molecule has 2 rings (SSSR count). The van der Waals surface area contributed by atoms with Crippen molar-refractivity contribution in [1.29, 1.82) is 0 Å². The molecular formula is C18H26N2O3SSi. The van der Waals surface area contributed by atoms with Gasteiger partial charge >= 0.3 is 5.97 Å². The number of carbonyl (C=O) groups is 1. The lowest BCUT2D eigenvalue weighted by molar-refractivity contribution is 0.0600. The molecule has 2 aromatic rings. The Labute approximate surface area is 154 Å². The van der Waals surface area contributed by atoms with Crippen molar-refractivity contribution in [2.45, 2.75) is 49.3 Å². The number of esters is 1. The number of aromatic nitrogens is 2. The van der Waals surface area contributed by atoms with Gasteiger partial charge in [0.15, 0.2) is 0 Å². The zero-order valence-electron chi connectivity index (χ0n) is 15.5. The molecule has 0 saturated heterocycles. The zero-order valence-corrected chi connectivity index (χ0v) is 17.4. The van der Waals surface area contributed by atoms with Gasteiger partial charge in [0.25, 0.3) is 0 Å². The summed E-state index contributed by atoms with van der Waals surface area (Å²) in [7, 11) is 0.324. The second-order valence-corrected chi connectivity index (χ2v) is 13.8. The molecule has 1 aromatic heterocycles. The Morgan fingerprint density at radius 2 is 1.92 bits per heavy atom. The largest absolute Gasteiger partial charge is 0.465 e. The summed E-state index contributed by atoms with van der Waals surface area (Å²) in [5.41, 5.74) is 1.62. The first-order valence-electron chi connectivity index (χ1n) is 8.26. The van der Waals surface area contributed by atoms with Crippen LogP contribution in [0, 0.1) is 6.92 Å². The molecule has 5 nitrogen and oxygen atoms in total. The van der Waals surface area contributed by atoms with Crippen molar-refractivity contribution in [3.8, 4) is 0 Å². The molecule has 0 amide bonds. The lowest BCUT2D eigenvalue weighted by atomic mass is 10.2. The summed E-state index contributed by atoms with van der Waals surface area (Å²) in [4.78, 5) is 17.0. The fraction of sp³-hybridized carbons (Fsp3) is 0.444. The molecule has 0 unspecified atom stereocenters. The van der Waals surface area contributed by atoms with E-state index in [1.807, 2.05) is 30.0 Å². The summed E-state index contributed by atoms with van der Waals surface area (Å²) >= 11 is 1.57. The van der Waals surface area contributed by atoms with E-state index in [4.69, 9.17) is 9.47 Å². The molecule has 1 heterocycles. The van der Waals surface area contributed by atoms with E-state index < -0.39 is 8.07 Å². The second-order valence-electron chi connectivity index (χ2n) is 7.07. The molecule has 1 aromatic carbocycles. The van der Waals surface area contributed by atoms with Gasteiger partial charge < -0.3 is 14.0 Å². The standard InChI is InChI=1S/C18H26N2O3SSi/c1-14-17(19-12-20(14)13-23-10-11-25(3,4)5)24-16-8-6-15(7-9-16)18(21)22-2/h6-9,12H,10-11,13H2,1-5H3. The van der Waals surface area contributed by atoms with Gasteiger partial charge in [-0.2, -0.15) is 0 Å². The molecule has 0 radical (unpaired) electrons. The maximum absolute atomic E-state index is 11.5. The van der Waals surface area contributed by atoms with Crippen LogP contribution in [0.15, 0.2) is 40.5 Å². The third-order valence-electron chi connectivity index (χ3n) is 3.77. The van der Waals surface area contributed by atoms with Gasteiger partial charge in [-0.25, -0.2) is 9.78 Å². The highest BCUT2D eigenvalue weighted by Crippen LogP contribution is 2.29. The van der Waals surface area contributed by atoms with Crippen molar-refractivity contribution in [1.82, 2.24) is 9.55 Å². The van der Waals surface area contributed by atoms with Crippen molar-refractivity contribution >= 4 is 25.8 Å². The topological polar surface area (TPSA) is 53.3 Å². The molecule has 0 bridgehead atoms. The van der Waals surface area contributed by atoms with E-state index in [0.29, 0.717) is 12.3 Å². The maximum atomic E-state index is 11.5. The number of benzene rings is 1. The molecule has 0 N–H and O–H groups in total. The highest BCUT2D eigenvalue weighted by atomic mass is 32.2. The van der Waals surface area contributed by atoms with Crippen molar-refractivity contribution in [3.05, 3.63) is 41.9 Å². The van der Waals surface area contributed by atoms with E-state index in [2.05, 4.69) is 24.6 Å². The molecule has 7 heteroatoms. The van der Waals surface area contributed by atoms with Gasteiger partial charge in [0.05, 0.1) is 24.7 Å². The van der Waals surface area contributed by atoms with Gasteiger partial charge in [0.1, 0.15) is 11.8 Å². The van der Waals surface area contributed by atoms with E-state index >= 15 is 0 Å². The Morgan fingerprint density at radius 3 is 2.52 bits per heavy atom. The Kier molecular flexibility index (Phi) is 6.86. The van der Waals surface area contributed by atoms with Crippen molar-refractivity contribution in [3.63, 3.8) is 0 Å². The fourth-order valence-electron chi connectivity index (χ4n) is 2.09. The average Bonchev–Trinajstić information content (AvgIpc) is 2.91. The number of methoxy groups -OCH3 is 1. The van der Waals surface area contributed by atoms with Crippen LogP contribution in [0.3, 0.4) is 0 Å². The van der Waals surface area contributed by atoms with E-state index in [9.17, 15) is 4.79 Å². The molecule has 0 saturated carbocycles. The number of nitrogens with zero attached hydrogens (tertiary/aromatic N) is 2. The van der Waals surface area contributed by atoms with Gasteiger partial charge in [-0.1, -0.05) is 31.4 Å². The third-order valence-corrected chi connectivity index (χ3v) is 6.58. The smallest absolute Gasteiger partial charge is 0.337 e. The second kappa shape index (κ2) is 8.69. The van der Waals surface area contributed by atoms with Crippen LogP contribution in [0.4, 0.5) is 0 Å². The number of imidazole rings is 1. The van der Waals surface area contributed by atoms with E-state index in [1.54, 1.807) is 23.9 Å². The molecule has 0 fully saturated rings.